The fourth-order valence-corrected chi connectivity index (χ4v) is 2.61. The Morgan fingerprint density at radius 1 is 1.17 bits per heavy atom. The van der Waals surface area contributed by atoms with Gasteiger partial charge < -0.3 is 19.5 Å². The summed E-state index contributed by atoms with van der Waals surface area (Å²) < 4.78 is 15.4. The van der Waals surface area contributed by atoms with E-state index in [9.17, 15) is 9.59 Å². The van der Waals surface area contributed by atoms with Crippen LogP contribution in [0.4, 0.5) is 0 Å². The third-order valence-electron chi connectivity index (χ3n) is 3.24. The topological polar surface area (TPSA) is 73.9 Å². The number of hydrogen-bond donors (Lipinski definition) is 1. The van der Waals surface area contributed by atoms with Crippen LogP contribution in [0.1, 0.15) is 12.8 Å². The van der Waals surface area contributed by atoms with E-state index in [1.807, 2.05) is 0 Å². The van der Waals surface area contributed by atoms with Crippen LogP contribution in [0.15, 0.2) is 12.1 Å². The highest BCUT2D eigenvalue weighted by molar-refractivity contribution is 6.43. The molecule has 9 heteroatoms. The summed E-state index contributed by atoms with van der Waals surface area (Å²) in [4.78, 5) is 23.2. The van der Waals surface area contributed by atoms with Gasteiger partial charge in [-0.1, -0.05) is 34.8 Å². The summed E-state index contributed by atoms with van der Waals surface area (Å²) in [6.45, 7) is 0.330. The molecule has 1 atom stereocenters. The number of carbonyl (C=O) groups excluding carboxylic acids is 2. The minimum atomic E-state index is -0.704. The molecule has 1 N–H and O–H groups in total. The Balaban J connectivity index is 1.67. The molecule has 132 valence electrons. The Labute approximate surface area is 154 Å². The Kier molecular flexibility index (Phi) is 7.42. The van der Waals surface area contributed by atoms with Crippen molar-refractivity contribution >= 4 is 46.7 Å². The monoisotopic (exact) mass is 395 g/mol. The maximum Gasteiger partial charge on any atom is 0.344 e. The van der Waals surface area contributed by atoms with E-state index in [0.717, 1.165) is 12.8 Å². The molecule has 0 unspecified atom stereocenters. The van der Waals surface area contributed by atoms with Crippen molar-refractivity contribution in [1.82, 2.24) is 5.32 Å². The Morgan fingerprint density at radius 3 is 2.62 bits per heavy atom. The summed E-state index contributed by atoms with van der Waals surface area (Å²) in [5, 5.41) is 3.38. The third kappa shape index (κ3) is 6.02. The number of hydrogen-bond acceptors (Lipinski definition) is 5. The Hall–Kier alpha value is -1.21. The molecule has 1 heterocycles. The van der Waals surface area contributed by atoms with Crippen LogP contribution in [0.25, 0.3) is 0 Å². The Morgan fingerprint density at radius 2 is 1.92 bits per heavy atom. The number of carbonyl (C=O) groups is 2. The largest absolute Gasteiger partial charge is 0.480 e. The van der Waals surface area contributed by atoms with Gasteiger partial charge in [-0.05, 0) is 18.9 Å². The number of nitrogens with one attached hydrogen (secondary N) is 1. The minimum Gasteiger partial charge on any atom is -0.480 e. The number of benzene rings is 1. The molecular weight excluding hydrogens is 381 g/mol. The van der Waals surface area contributed by atoms with Crippen molar-refractivity contribution in [2.24, 2.45) is 0 Å². The fraction of sp³-hybridized carbons (Fsp3) is 0.467. The predicted octanol–water partition coefficient (Wildman–Crippen LogP) is 2.86. The van der Waals surface area contributed by atoms with Crippen LogP contribution < -0.4 is 10.1 Å². The van der Waals surface area contributed by atoms with Gasteiger partial charge in [0.2, 0.25) is 0 Å². The molecule has 1 amide bonds. The van der Waals surface area contributed by atoms with Gasteiger partial charge in [-0.25, -0.2) is 4.79 Å². The zero-order chi connectivity index (χ0) is 17.5. The molecule has 1 saturated heterocycles. The van der Waals surface area contributed by atoms with E-state index >= 15 is 0 Å². The molecule has 0 saturated carbocycles. The number of rotatable bonds is 7. The van der Waals surface area contributed by atoms with E-state index in [0.29, 0.717) is 13.2 Å². The molecule has 0 spiro atoms. The molecule has 1 aromatic carbocycles. The SMILES string of the molecule is O=C(COC(=O)COc1cc(Cl)c(Cl)cc1Cl)NC[C@@H]1CCCO1. The number of ether oxygens (including phenoxy) is 3. The maximum absolute atomic E-state index is 11.6. The van der Waals surface area contributed by atoms with Crippen molar-refractivity contribution in [3.63, 3.8) is 0 Å². The zero-order valence-electron chi connectivity index (χ0n) is 12.6. The standard InChI is InChI=1S/C15H16Cl3NO5/c16-10-4-12(18)13(5-11(10)17)23-8-15(21)24-7-14(20)19-6-9-2-1-3-22-9/h4-5,9H,1-3,6-8H2,(H,19,20)/t9-/m0/s1. The molecule has 2 rings (SSSR count). The van der Waals surface area contributed by atoms with E-state index in [1.54, 1.807) is 0 Å². The van der Waals surface area contributed by atoms with Crippen molar-refractivity contribution < 1.29 is 23.8 Å². The molecule has 0 bridgehead atoms. The van der Waals surface area contributed by atoms with E-state index in [1.165, 1.54) is 12.1 Å². The molecule has 24 heavy (non-hydrogen) atoms. The van der Waals surface area contributed by atoms with Crippen molar-refractivity contribution in [3.05, 3.63) is 27.2 Å². The first-order valence-corrected chi connectivity index (χ1v) is 8.40. The zero-order valence-corrected chi connectivity index (χ0v) is 14.9. The molecule has 1 aliphatic heterocycles. The minimum absolute atomic E-state index is 0.0322. The first-order valence-electron chi connectivity index (χ1n) is 7.27. The number of halogens is 3. The van der Waals surface area contributed by atoms with Crippen molar-refractivity contribution in [2.75, 3.05) is 26.4 Å². The molecular formula is C15H16Cl3NO5. The lowest BCUT2D eigenvalue weighted by atomic mass is 10.2. The summed E-state index contributed by atoms with van der Waals surface area (Å²) in [6.07, 6.45) is 1.94. The van der Waals surface area contributed by atoms with Gasteiger partial charge in [-0.15, -0.1) is 0 Å². The summed E-state index contributed by atoms with van der Waals surface area (Å²) in [6, 6.07) is 2.80. The maximum atomic E-state index is 11.6. The smallest absolute Gasteiger partial charge is 0.344 e. The molecule has 6 nitrogen and oxygen atoms in total. The van der Waals surface area contributed by atoms with Gasteiger partial charge in [0.15, 0.2) is 13.2 Å². The molecule has 1 aromatic rings. The molecule has 1 aliphatic rings. The fourth-order valence-electron chi connectivity index (χ4n) is 2.02. The quantitative estimate of drug-likeness (QED) is 0.567. The van der Waals surface area contributed by atoms with Gasteiger partial charge in [0.25, 0.3) is 5.91 Å². The van der Waals surface area contributed by atoms with Crippen molar-refractivity contribution in [1.29, 1.82) is 0 Å². The summed E-state index contributed by atoms with van der Waals surface area (Å²) in [7, 11) is 0. The van der Waals surface area contributed by atoms with Gasteiger partial charge in [0, 0.05) is 19.2 Å². The lowest BCUT2D eigenvalue weighted by molar-refractivity contribution is -0.150. The van der Waals surface area contributed by atoms with Crippen LogP contribution in [-0.2, 0) is 19.1 Å². The molecule has 0 aliphatic carbocycles. The molecule has 0 aromatic heterocycles. The van der Waals surface area contributed by atoms with Crippen LogP contribution in [0.3, 0.4) is 0 Å². The second-order valence-electron chi connectivity index (χ2n) is 5.09. The van der Waals surface area contributed by atoms with Crippen LogP contribution in [0.5, 0.6) is 5.75 Å². The van der Waals surface area contributed by atoms with E-state index < -0.39 is 18.5 Å². The van der Waals surface area contributed by atoms with E-state index in [4.69, 9.17) is 49.0 Å². The first kappa shape index (κ1) is 19.1. The van der Waals surface area contributed by atoms with Crippen LogP contribution in [-0.4, -0.2) is 44.3 Å². The second kappa shape index (κ2) is 9.32. The van der Waals surface area contributed by atoms with Crippen LogP contribution in [0, 0.1) is 0 Å². The second-order valence-corrected chi connectivity index (χ2v) is 6.31. The molecule has 0 radical (unpaired) electrons. The summed E-state index contributed by atoms with van der Waals surface area (Å²) >= 11 is 17.6. The highest BCUT2D eigenvalue weighted by Gasteiger charge is 2.17. The van der Waals surface area contributed by atoms with E-state index in [2.05, 4.69) is 5.32 Å². The highest BCUT2D eigenvalue weighted by Crippen LogP contribution is 2.33. The van der Waals surface area contributed by atoms with E-state index in [-0.39, 0.29) is 33.5 Å². The Bertz CT molecular complexity index is 605. The van der Waals surface area contributed by atoms with Gasteiger partial charge in [-0.3, -0.25) is 4.79 Å². The lowest BCUT2D eigenvalue weighted by Gasteiger charge is -2.11. The number of esters is 1. The van der Waals surface area contributed by atoms with Gasteiger partial charge in [0.05, 0.1) is 21.2 Å². The first-order chi connectivity index (χ1) is 11.5. The summed E-state index contributed by atoms with van der Waals surface area (Å²) in [5.41, 5.74) is 0. The van der Waals surface area contributed by atoms with Crippen molar-refractivity contribution in [2.45, 2.75) is 18.9 Å². The average Bonchev–Trinajstić information content (AvgIpc) is 3.06. The summed E-state index contributed by atoms with van der Waals surface area (Å²) in [5.74, 6) is -0.901. The normalized spacial score (nSPS) is 16.7. The van der Waals surface area contributed by atoms with Gasteiger partial charge in [0.1, 0.15) is 5.75 Å². The highest BCUT2D eigenvalue weighted by atomic mass is 35.5. The van der Waals surface area contributed by atoms with Crippen LogP contribution in [0.2, 0.25) is 15.1 Å². The number of amides is 1. The van der Waals surface area contributed by atoms with Gasteiger partial charge in [-0.2, -0.15) is 0 Å². The third-order valence-corrected chi connectivity index (χ3v) is 4.25. The molecule has 1 fully saturated rings. The average molecular weight is 397 g/mol. The lowest BCUT2D eigenvalue weighted by Crippen LogP contribution is -2.35. The predicted molar refractivity (Wildman–Crippen MR) is 89.9 cm³/mol. The van der Waals surface area contributed by atoms with Crippen LogP contribution >= 0.6 is 34.8 Å². The van der Waals surface area contributed by atoms with Crippen molar-refractivity contribution in [3.8, 4) is 5.75 Å². The van der Waals surface area contributed by atoms with Gasteiger partial charge >= 0.3 is 5.97 Å².